The van der Waals surface area contributed by atoms with E-state index in [0.717, 1.165) is 33.5 Å². The van der Waals surface area contributed by atoms with E-state index >= 15 is 0 Å². The highest BCUT2D eigenvalue weighted by Crippen LogP contribution is 2.33. The van der Waals surface area contributed by atoms with Crippen molar-refractivity contribution in [3.05, 3.63) is 34.2 Å². The van der Waals surface area contributed by atoms with Crippen LogP contribution in [0.4, 0.5) is 0 Å². The first kappa shape index (κ1) is 15.5. The number of rotatable bonds is 4. The molecule has 0 radical (unpaired) electrons. The van der Waals surface area contributed by atoms with Crippen LogP contribution >= 0.6 is 24.0 Å². The number of carbonyl (C=O) groups is 2. The third-order valence-corrected chi connectivity index (χ3v) is 4.27. The third-order valence-electron chi connectivity index (χ3n) is 2.90. The number of nitrogens with zero attached hydrogens (tertiary/aromatic N) is 1. The van der Waals surface area contributed by atoms with E-state index in [1.807, 2.05) is 25.1 Å². The lowest BCUT2D eigenvalue weighted by atomic mass is 10.1. The highest BCUT2D eigenvalue weighted by Gasteiger charge is 2.33. The molecule has 1 N–H and O–H groups in total. The fourth-order valence-corrected chi connectivity index (χ4v) is 3.10. The van der Waals surface area contributed by atoms with Gasteiger partial charge in [0, 0.05) is 0 Å². The maximum Gasteiger partial charge on any atom is 0.323 e. The van der Waals surface area contributed by atoms with Crippen molar-refractivity contribution < 1.29 is 19.4 Å². The van der Waals surface area contributed by atoms with Gasteiger partial charge in [0.05, 0.1) is 12.0 Å². The summed E-state index contributed by atoms with van der Waals surface area (Å²) in [6.45, 7) is 1.51. The van der Waals surface area contributed by atoms with Crippen LogP contribution in [0.1, 0.15) is 11.1 Å². The van der Waals surface area contributed by atoms with Crippen LogP contribution in [0.25, 0.3) is 6.08 Å². The zero-order valence-electron chi connectivity index (χ0n) is 11.5. The highest BCUT2D eigenvalue weighted by atomic mass is 32.2. The van der Waals surface area contributed by atoms with Crippen LogP contribution in [0.2, 0.25) is 0 Å². The molecular formula is C14H13NO4S2. The number of benzene rings is 1. The average Bonchev–Trinajstić information content (AvgIpc) is 2.68. The number of thioether (sulfide) groups is 1. The summed E-state index contributed by atoms with van der Waals surface area (Å²) in [5.41, 5.74) is 1.79. The van der Waals surface area contributed by atoms with Crippen molar-refractivity contribution in [3.8, 4) is 5.75 Å². The van der Waals surface area contributed by atoms with Gasteiger partial charge >= 0.3 is 5.97 Å². The summed E-state index contributed by atoms with van der Waals surface area (Å²) in [4.78, 5) is 24.4. The number of thiocarbonyl (C=S) groups is 1. The first-order chi connectivity index (χ1) is 9.92. The van der Waals surface area contributed by atoms with E-state index < -0.39 is 12.5 Å². The fourth-order valence-electron chi connectivity index (χ4n) is 1.85. The molecule has 1 aromatic rings. The standard InChI is InChI=1S/C14H13NO4S2/c1-8-3-4-9(5-10(8)19-2)6-11-13(18)15(7-12(16)17)14(20)21-11/h3-6H,7H2,1-2H3,(H,16,17). The summed E-state index contributed by atoms with van der Waals surface area (Å²) in [6, 6.07) is 5.57. The van der Waals surface area contributed by atoms with Gasteiger partial charge < -0.3 is 9.84 Å². The van der Waals surface area contributed by atoms with Crippen LogP contribution in [-0.4, -0.2) is 39.9 Å². The second kappa shape index (κ2) is 6.28. The van der Waals surface area contributed by atoms with Crippen LogP contribution in [-0.2, 0) is 9.59 Å². The minimum absolute atomic E-state index is 0.257. The summed E-state index contributed by atoms with van der Waals surface area (Å²) in [5, 5.41) is 8.79. The van der Waals surface area contributed by atoms with Crippen LogP contribution in [0.5, 0.6) is 5.75 Å². The number of aliphatic carboxylic acids is 1. The Morgan fingerprint density at radius 2 is 2.24 bits per heavy atom. The molecule has 1 aromatic carbocycles. The minimum Gasteiger partial charge on any atom is -0.496 e. The summed E-state index contributed by atoms with van der Waals surface area (Å²) in [7, 11) is 1.58. The Kier molecular flexibility index (Phi) is 4.64. The summed E-state index contributed by atoms with van der Waals surface area (Å²) >= 11 is 6.14. The van der Waals surface area contributed by atoms with Crippen molar-refractivity contribution in [2.75, 3.05) is 13.7 Å². The molecule has 2 rings (SSSR count). The molecule has 21 heavy (non-hydrogen) atoms. The topological polar surface area (TPSA) is 66.8 Å². The number of carboxylic acids is 1. The maximum atomic E-state index is 12.1. The molecule has 7 heteroatoms. The van der Waals surface area contributed by atoms with E-state index in [9.17, 15) is 9.59 Å². The fraction of sp³-hybridized carbons (Fsp3) is 0.214. The Morgan fingerprint density at radius 1 is 1.52 bits per heavy atom. The van der Waals surface area contributed by atoms with Gasteiger partial charge in [-0.05, 0) is 30.2 Å². The molecule has 0 atom stereocenters. The van der Waals surface area contributed by atoms with Crippen LogP contribution in [0.3, 0.4) is 0 Å². The largest absolute Gasteiger partial charge is 0.496 e. The Hall–Kier alpha value is -1.86. The van der Waals surface area contributed by atoms with E-state index in [1.54, 1.807) is 13.2 Å². The predicted molar refractivity (Wildman–Crippen MR) is 85.2 cm³/mol. The molecule has 5 nitrogen and oxygen atoms in total. The molecule has 1 heterocycles. The quantitative estimate of drug-likeness (QED) is 0.677. The Morgan fingerprint density at radius 3 is 2.86 bits per heavy atom. The molecule has 0 spiro atoms. The first-order valence-electron chi connectivity index (χ1n) is 6.04. The van der Waals surface area contributed by atoms with Crippen molar-refractivity contribution in [3.63, 3.8) is 0 Å². The lowest BCUT2D eigenvalue weighted by molar-refractivity contribution is -0.140. The second-order valence-electron chi connectivity index (χ2n) is 4.39. The highest BCUT2D eigenvalue weighted by molar-refractivity contribution is 8.26. The van der Waals surface area contributed by atoms with Crippen molar-refractivity contribution in [1.29, 1.82) is 0 Å². The monoisotopic (exact) mass is 323 g/mol. The Bertz CT molecular complexity index is 654. The van der Waals surface area contributed by atoms with E-state index in [4.69, 9.17) is 22.1 Å². The van der Waals surface area contributed by atoms with Gasteiger partial charge in [-0.25, -0.2) is 0 Å². The molecule has 1 saturated heterocycles. The molecule has 0 saturated carbocycles. The molecule has 0 aliphatic carbocycles. The molecular weight excluding hydrogens is 310 g/mol. The summed E-state index contributed by atoms with van der Waals surface area (Å²) in [5.74, 6) is -0.749. The average molecular weight is 323 g/mol. The predicted octanol–water partition coefficient (Wildman–Crippen LogP) is 2.29. The summed E-state index contributed by atoms with van der Waals surface area (Å²) < 4.78 is 5.49. The number of aryl methyl sites for hydroxylation is 1. The lowest BCUT2D eigenvalue weighted by Gasteiger charge is -2.10. The number of carbonyl (C=O) groups excluding carboxylic acids is 1. The van der Waals surface area contributed by atoms with Gasteiger partial charge in [-0.1, -0.05) is 36.1 Å². The number of amides is 1. The van der Waals surface area contributed by atoms with Crippen molar-refractivity contribution in [2.45, 2.75) is 6.92 Å². The van der Waals surface area contributed by atoms with E-state index in [-0.39, 0.29) is 10.2 Å². The Labute approximate surface area is 131 Å². The SMILES string of the molecule is COc1cc(C=C2SC(=S)N(CC(=O)O)C2=O)ccc1C. The van der Waals surface area contributed by atoms with E-state index in [0.29, 0.717) is 4.91 Å². The molecule has 0 bridgehead atoms. The zero-order chi connectivity index (χ0) is 15.6. The normalized spacial score (nSPS) is 16.7. The van der Waals surface area contributed by atoms with Gasteiger partial charge in [0.25, 0.3) is 5.91 Å². The van der Waals surface area contributed by atoms with E-state index in [2.05, 4.69) is 0 Å². The molecule has 0 unspecified atom stereocenters. The number of hydrogen-bond acceptors (Lipinski definition) is 5. The third kappa shape index (κ3) is 3.43. The molecule has 1 aliphatic heterocycles. The molecule has 0 aromatic heterocycles. The minimum atomic E-state index is -1.09. The molecule has 1 amide bonds. The van der Waals surface area contributed by atoms with Gasteiger partial charge in [0.1, 0.15) is 16.6 Å². The van der Waals surface area contributed by atoms with Crippen molar-refractivity contribution in [1.82, 2.24) is 4.90 Å². The van der Waals surface area contributed by atoms with Gasteiger partial charge in [0.2, 0.25) is 0 Å². The van der Waals surface area contributed by atoms with Crippen LogP contribution in [0.15, 0.2) is 23.1 Å². The zero-order valence-corrected chi connectivity index (χ0v) is 13.1. The van der Waals surface area contributed by atoms with E-state index in [1.165, 1.54) is 0 Å². The van der Waals surface area contributed by atoms with Crippen LogP contribution < -0.4 is 4.74 Å². The number of ether oxygens (including phenoxy) is 1. The van der Waals surface area contributed by atoms with Gasteiger partial charge in [0.15, 0.2) is 0 Å². The van der Waals surface area contributed by atoms with Crippen molar-refractivity contribution in [2.24, 2.45) is 0 Å². The van der Waals surface area contributed by atoms with Gasteiger partial charge in [-0.2, -0.15) is 0 Å². The van der Waals surface area contributed by atoms with Gasteiger partial charge in [-0.3, -0.25) is 14.5 Å². The molecule has 1 aliphatic rings. The van der Waals surface area contributed by atoms with Crippen molar-refractivity contribution >= 4 is 46.3 Å². The molecule has 110 valence electrons. The van der Waals surface area contributed by atoms with Crippen LogP contribution in [0, 0.1) is 6.92 Å². The second-order valence-corrected chi connectivity index (χ2v) is 6.07. The maximum absolute atomic E-state index is 12.1. The summed E-state index contributed by atoms with van der Waals surface area (Å²) in [6.07, 6.45) is 1.68. The lowest BCUT2D eigenvalue weighted by Crippen LogP contribution is -2.33. The smallest absolute Gasteiger partial charge is 0.323 e. The van der Waals surface area contributed by atoms with Gasteiger partial charge in [-0.15, -0.1) is 0 Å². The Balaban J connectivity index is 2.28. The first-order valence-corrected chi connectivity index (χ1v) is 7.26. The number of methoxy groups -OCH3 is 1. The number of hydrogen-bond donors (Lipinski definition) is 1. The molecule has 1 fully saturated rings. The number of carboxylic acid groups (broad SMARTS) is 1.